The summed E-state index contributed by atoms with van der Waals surface area (Å²) in [5, 5.41) is 2.80. The summed E-state index contributed by atoms with van der Waals surface area (Å²) < 4.78 is 0. The van der Waals surface area contributed by atoms with Gasteiger partial charge in [-0.3, -0.25) is 4.79 Å². The molecule has 1 rings (SSSR count). The molecule has 82 valence electrons. The molecule has 5 heteroatoms. The zero-order valence-corrected chi connectivity index (χ0v) is 10.4. The van der Waals surface area contributed by atoms with Gasteiger partial charge in [-0.25, -0.2) is 0 Å². The van der Waals surface area contributed by atoms with Crippen molar-refractivity contribution < 1.29 is 4.79 Å². The van der Waals surface area contributed by atoms with E-state index in [1.807, 2.05) is 19.1 Å². The summed E-state index contributed by atoms with van der Waals surface area (Å²) in [5.74, 6) is -0.519. The van der Waals surface area contributed by atoms with Crippen LogP contribution >= 0.6 is 23.6 Å². The van der Waals surface area contributed by atoms with Crippen molar-refractivity contribution in [1.29, 1.82) is 0 Å². The van der Waals surface area contributed by atoms with Crippen LogP contribution in [0.2, 0.25) is 0 Å². The third kappa shape index (κ3) is 3.60. The Bertz CT molecular complexity index is 373. The minimum atomic E-state index is -0.402. The summed E-state index contributed by atoms with van der Waals surface area (Å²) in [4.78, 5) is 14.1. The second kappa shape index (κ2) is 5.23. The molecule has 15 heavy (non-hydrogen) atoms. The monoisotopic (exact) mass is 242 g/mol. The first-order valence-electron chi connectivity index (χ1n) is 4.63. The molecule has 0 aliphatic heterocycles. The van der Waals surface area contributed by atoms with E-state index in [4.69, 9.17) is 18.0 Å². The van der Waals surface area contributed by atoms with Crippen molar-refractivity contribution in [2.75, 3.05) is 0 Å². The van der Waals surface area contributed by atoms with Crippen molar-refractivity contribution in [3.63, 3.8) is 0 Å². The highest BCUT2D eigenvalue weighted by atomic mass is 32.1. The second-order valence-electron chi connectivity index (χ2n) is 3.35. The molecule has 1 amide bonds. The van der Waals surface area contributed by atoms with Gasteiger partial charge in [0.05, 0.1) is 17.5 Å². The van der Waals surface area contributed by atoms with Gasteiger partial charge in [-0.15, -0.1) is 11.3 Å². The highest BCUT2D eigenvalue weighted by Crippen LogP contribution is 2.14. The fraction of sp³-hybridized carbons (Fsp3) is 0.400. The van der Waals surface area contributed by atoms with E-state index in [1.165, 1.54) is 4.88 Å². The third-order valence-corrected chi connectivity index (χ3v) is 3.41. The summed E-state index contributed by atoms with van der Waals surface area (Å²) in [6, 6.07) is 4.04. The van der Waals surface area contributed by atoms with E-state index in [0.717, 1.165) is 4.88 Å². The largest absolute Gasteiger partial charge is 0.393 e. The molecule has 0 aromatic carbocycles. The Morgan fingerprint density at radius 3 is 2.80 bits per heavy atom. The number of amides is 1. The number of nitrogens with one attached hydrogen (secondary N) is 1. The third-order valence-electron chi connectivity index (χ3n) is 2.05. The van der Waals surface area contributed by atoms with Crippen molar-refractivity contribution >= 4 is 34.5 Å². The zero-order valence-electron chi connectivity index (χ0n) is 8.74. The number of hydrogen-bond donors (Lipinski definition) is 2. The number of carbonyl (C=O) groups excluding carboxylic acids is 1. The second-order valence-corrected chi connectivity index (χ2v) is 5.20. The Labute approximate surface area is 98.7 Å². The molecule has 0 fully saturated rings. The van der Waals surface area contributed by atoms with E-state index in [2.05, 4.69) is 5.32 Å². The topological polar surface area (TPSA) is 55.1 Å². The standard InChI is InChI=1S/C10H14N2OS2/c1-6-3-4-8(15-6)5-12-10(13)7(2)9(11)14/h3-4,7H,5H2,1-2H3,(H2,11,14)(H,12,13). The Kier molecular flexibility index (Phi) is 4.23. The van der Waals surface area contributed by atoms with Gasteiger partial charge in [0.1, 0.15) is 0 Å². The van der Waals surface area contributed by atoms with Crippen LogP contribution in [0.3, 0.4) is 0 Å². The molecule has 1 heterocycles. The number of hydrogen-bond acceptors (Lipinski definition) is 3. The van der Waals surface area contributed by atoms with Gasteiger partial charge in [-0.2, -0.15) is 0 Å². The normalized spacial score (nSPS) is 12.1. The fourth-order valence-corrected chi connectivity index (χ4v) is 1.97. The first-order chi connectivity index (χ1) is 7.00. The zero-order chi connectivity index (χ0) is 11.4. The summed E-state index contributed by atoms with van der Waals surface area (Å²) in [5.41, 5.74) is 5.38. The molecule has 0 aliphatic carbocycles. The van der Waals surface area contributed by atoms with Crippen molar-refractivity contribution in [1.82, 2.24) is 5.32 Å². The Morgan fingerprint density at radius 2 is 2.33 bits per heavy atom. The van der Waals surface area contributed by atoms with Gasteiger partial charge < -0.3 is 11.1 Å². The Balaban J connectivity index is 2.44. The van der Waals surface area contributed by atoms with Gasteiger partial charge in [-0.05, 0) is 26.0 Å². The molecule has 0 saturated heterocycles. The van der Waals surface area contributed by atoms with E-state index < -0.39 is 5.92 Å². The summed E-state index contributed by atoms with van der Waals surface area (Å²) in [6.45, 7) is 4.29. The first-order valence-corrected chi connectivity index (χ1v) is 5.85. The van der Waals surface area contributed by atoms with Crippen LogP contribution in [-0.4, -0.2) is 10.9 Å². The van der Waals surface area contributed by atoms with Crippen LogP contribution in [0.1, 0.15) is 16.7 Å². The van der Waals surface area contributed by atoms with E-state index in [0.29, 0.717) is 6.54 Å². The minimum Gasteiger partial charge on any atom is -0.393 e. The van der Waals surface area contributed by atoms with Gasteiger partial charge in [0.25, 0.3) is 0 Å². The molecular weight excluding hydrogens is 228 g/mol. The SMILES string of the molecule is Cc1ccc(CNC(=O)C(C)C(N)=S)s1. The summed E-state index contributed by atoms with van der Waals surface area (Å²) >= 11 is 6.42. The summed E-state index contributed by atoms with van der Waals surface area (Å²) in [6.07, 6.45) is 0. The van der Waals surface area contributed by atoms with Crippen LogP contribution in [0.4, 0.5) is 0 Å². The van der Waals surface area contributed by atoms with E-state index >= 15 is 0 Å². The van der Waals surface area contributed by atoms with Crippen molar-refractivity contribution in [2.45, 2.75) is 20.4 Å². The van der Waals surface area contributed by atoms with E-state index in [9.17, 15) is 4.79 Å². The van der Waals surface area contributed by atoms with Crippen LogP contribution in [0.25, 0.3) is 0 Å². The Hall–Kier alpha value is -0.940. The van der Waals surface area contributed by atoms with Gasteiger partial charge in [0, 0.05) is 9.75 Å². The molecule has 0 bridgehead atoms. The van der Waals surface area contributed by atoms with E-state index in [-0.39, 0.29) is 10.9 Å². The van der Waals surface area contributed by atoms with Gasteiger partial charge in [0.2, 0.25) is 5.91 Å². The number of aryl methyl sites for hydroxylation is 1. The van der Waals surface area contributed by atoms with Gasteiger partial charge in [0.15, 0.2) is 0 Å². The average molecular weight is 242 g/mol. The highest BCUT2D eigenvalue weighted by molar-refractivity contribution is 7.80. The molecule has 1 aromatic rings. The van der Waals surface area contributed by atoms with Crippen LogP contribution < -0.4 is 11.1 Å². The molecular formula is C10H14N2OS2. The molecule has 1 unspecified atom stereocenters. The number of carbonyl (C=O) groups is 1. The van der Waals surface area contributed by atoms with E-state index in [1.54, 1.807) is 18.3 Å². The lowest BCUT2D eigenvalue weighted by Gasteiger charge is -2.09. The predicted molar refractivity (Wildman–Crippen MR) is 66.9 cm³/mol. The maximum atomic E-state index is 11.5. The molecule has 0 aliphatic rings. The molecule has 1 aromatic heterocycles. The maximum Gasteiger partial charge on any atom is 0.229 e. The van der Waals surface area contributed by atoms with Crippen molar-refractivity contribution in [3.8, 4) is 0 Å². The summed E-state index contributed by atoms with van der Waals surface area (Å²) in [7, 11) is 0. The van der Waals surface area contributed by atoms with Gasteiger partial charge >= 0.3 is 0 Å². The smallest absolute Gasteiger partial charge is 0.229 e. The number of thiophene rings is 1. The predicted octanol–water partition coefficient (Wildman–Crippen LogP) is 1.59. The molecule has 3 nitrogen and oxygen atoms in total. The lowest BCUT2D eigenvalue weighted by molar-refractivity contribution is -0.122. The minimum absolute atomic E-state index is 0.117. The Morgan fingerprint density at radius 1 is 1.67 bits per heavy atom. The molecule has 3 N–H and O–H groups in total. The first kappa shape index (κ1) is 12.1. The average Bonchev–Trinajstić information content (AvgIpc) is 2.59. The highest BCUT2D eigenvalue weighted by Gasteiger charge is 2.14. The fourth-order valence-electron chi connectivity index (χ4n) is 1.04. The van der Waals surface area contributed by atoms with Crippen LogP contribution in [0.15, 0.2) is 12.1 Å². The van der Waals surface area contributed by atoms with Crippen molar-refractivity contribution in [2.24, 2.45) is 11.7 Å². The molecule has 0 radical (unpaired) electrons. The maximum absolute atomic E-state index is 11.5. The molecule has 0 saturated carbocycles. The molecule has 0 spiro atoms. The van der Waals surface area contributed by atoms with Crippen molar-refractivity contribution in [3.05, 3.63) is 21.9 Å². The lowest BCUT2D eigenvalue weighted by Crippen LogP contribution is -2.35. The number of rotatable bonds is 4. The van der Waals surface area contributed by atoms with Gasteiger partial charge in [-0.1, -0.05) is 12.2 Å². The van der Waals surface area contributed by atoms with Crippen LogP contribution in [0.5, 0.6) is 0 Å². The number of nitrogens with two attached hydrogens (primary N) is 1. The lowest BCUT2D eigenvalue weighted by atomic mass is 10.1. The van der Waals surface area contributed by atoms with Crippen LogP contribution in [0, 0.1) is 12.8 Å². The molecule has 1 atom stereocenters. The quantitative estimate of drug-likeness (QED) is 0.788. The number of thiocarbonyl (C=S) groups is 1. The van der Waals surface area contributed by atoms with Crippen LogP contribution in [-0.2, 0) is 11.3 Å².